The highest BCUT2D eigenvalue weighted by atomic mass is 16.6. The molecule has 3 rings (SSSR count). The monoisotopic (exact) mass is 469 g/mol. The van der Waals surface area contributed by atoms with Crippen molar-refractivity contribution in [2.24, 2.45) is 5.92 Å². The van der Waals surface area contributed by atoms with Crippen LogP contribution in [0.1, 0.15) is 29.3 Å². The highest BCUT2D eigenvalue weighted by molar-refractivity contribution is 6.00. The molecule has 0 bridgehead atoms. The van der Waals surface area contributed by atoms with Gasteiger partial charge in [-0.1, -0.05) is 6.07 Å². The van der Waals surface area contributed by atoms with Crippen LogP contribution in [0, 0.1) is 23.0 Å². The number of carbonyl (C=O) groups is 4. The van der Waals surface area contributed by atoms with Crippen molar-refractivity contribution in [3.8, 4) is 0 Å². The van der Waals surface area contributed by atoms with Crippen LogP contribution in [0.4, 0.5) is 17.1 Å². The van der Waals surface area contributed by atoms with Gasteiger partial charge in [0, 0.05) is 36.0 Å². The Bertz CT molecular complexity index is 1130. The molecule has 11 heteroatoms. The van der Waals surface area contributed by atoms with Crippen LogP contribution in [-0.2, 0) is 23.9 Å². The van der Waals surface area contributed by atoms with Gasteiger partial charge in [-0.15, -0.1) is 0 Å². The third-order valence-electron chi connectivity index (χ3n) is 5.18. The van der Waals surface area contributed by atoms with Crippen molar-refractivity contribution in [1.82, 2.24) is 0 Å². The molecule has 0 aromatic heterocycles. The van der Waals surface area contributed by atoms with Crippen molar-refractivity contribution in [3.63, 3.8) is 0 Å². The maximum absolute atomic E-state index is 12.4. The zero-order chi connectivity index (χ0) is 24.8. The highest BCUT2D eigenvalue weighted by Crippen LogP contribution is 2.26. The lowest BCUT2D eigenvalue weighted by atomic mass is 10.1. The van der Waals surface area contributed by atoms with Crippen LogP contribution in [-0.4, -0.2) is 48.4 Å². The molecule has 0 radical (unpaired) electrons. The van der Waals surface area contributed by atoms with E-state index in [4.69, 9.17) is 9.47 Å². The molecule has 34 heavy (non-hydrogen) atoms. The summed E-state index contributed by atoms with van der Waals surface area (Å²) in [5.41, 5.74) is 1.37. The molecule has 1 saturated heterocycles. The Morgan fingerprint density at radius 2 is 1.85 bits per heavy atom. The number of benzene rings is 2. The molecule has 0 spiro atoms. The van der Waals surface area contributed by atoms with E-state index >= 15 is 0 Å². The average Bonchev–Trinajstić information content (AvgIpc) is 3.20. The summed E-state index contributed by atoms with van der Waals surface area (Å²) in [6.07, 6.45) is -0.0791. The molecule has 178 valence electrons. The Hall–Kier alpha value is -4.28. The molecule has 0 saturated carbocycles. The number of nitro benzene ring substituents is 1. The Morgan fingerprint density at radius 1 is 1.15 bits per heavy atom. The van der Waals surface area contributed by atoms with Gasteiger partial charge in [0.25, 0.3) is 11.6 Å². The number of hydrogen-bond donors (Lipinski definition) is 1. The smallest absolute Gasteiger partial charge is 0.338 e. The van der Waals surface area contributed by atoms with E-state index in [1.165, 1.54) is 35.2 Å². The average molecular weight is 469 g/mol. The van der Waals surface area contributed by atoms with Gasteiger partial charge < -0.3 is 19.7 Å². The minimum absolute atomic E-state index is 0.0716. The number of nitrogens with one attached hydrogen (secondary N) is 1. The summed E-state index contributed by atoms with van der Waals surface area (Å²) in [6.45, 7) is 3.00. The van der Waals surface area contributed by atoms with Crippen LogP contribution in [0.5, 0.6) is 0 Å². The zero-order valence-electron chi connectivity index (χ0n) is 18.6. The first-order chi connectivity index (χ1) is 16.2. The van der Waals surface area contributed by atoms with Crippen LogP contribution >= 0.6 is 0 Å². The minimum atomic E-state index is -0.759. The molecule has 2 aromatic rings. The van der Waals surface area contributed by atoms with Crippen molar-refractivity contribution in [3.05, 3.63) is 63.7 Å². The summed E-state index contributed by atoms with van der Waals surface area (Å²) in [6, 6.07) is 10.5. The molecule has 2 aromatic carbocycles. The first-order valence-electron chi connectivity index (χ1n) is 10.5. The standard InChI is InChI=1S/C23H23N3O8/c1-3-33-22(29)15-5-8-18(9-6-15)25-12-16(10-21(25)28)23(30)34-13-20(27)24-17-7-4-14(2)19(11-17)26(31)32/h4-9,11,16H,3,10,12-13H2,1-2H3,(H,24,27)/t16-/m1/s1. The lowest BCUT2D eigenvalue weighted by Gasteiger charge is -2.17. The number of anilines is 2. The molecule has 0 aliphatic carbocycles. The van der Waals surface area contributed by atoms with Gasteiger partial charge >= 0.3 is 11.9 Å². The number of hydrogen-bond acceptors (Lipinski definition) is 8. The fourth-order valence-electron chi connectivity index (χ4n) is 3.44. The largest absolute Gasteiger partial charge is 0.462 e. The Kier molecular flexibility index (Phi) is 7.57. The number of ether oxygens (including phenoxy) is 2. The number of esters is 2. The van der Waals surface area contributed by atoms with Gasteiger partial charge in [0.1, 0.15) is 0 Å². The Labute approximate surface area is 194 Å². The summed E-state index contributed by atoms with van der Waals surface area (Å²) in [7, 11) is 0. The van der Waals surface area contributed by atoms with E-state index in [-0.39, 0.29) is 36.9 Å². The van der Waals surface area contributed by atoms with Crippen LogP contribution in [0.25, 0.3) is 0 Å². The fourth-order valence-corrected chi connectivity index (χ4v) is 3.44. The molecule has 0 unspecified atom stereocenters. The summed E-state index contributed by atoms with van der Waals surface area (Å²) in [5, 5.41) is 13.5. The number of amides is 2. The van der Waals surface area contributed by atoms with Crippen LogP contribution in [0.15, 0.2) is 42.5 Å². The molecule has 2 amide bonds. The second-order valence-electron chi connectivity index (χ2n) is 7.59. The molecule has 1 atom stereocenters. The molecule has 11 nitrogen and oxygen atoms in total. The van der Waals surface area contributed by atoms with Crippen LogP contribution in [0.3, 0.4) is 0 Å². The van der Waals surface area contributed by atoms with Gasteiger partial charge in [-0.2, -0.15) is 0 Å². The van der Waals surface area contributed by atoms with Gasteiger partial charge in [-0.3, -0.25) is 24.5 Å². The molecule has 1 fully saturated rings. The maximum atomic E-state index is 12.4. The van der Waals surface area contributed by atoms with E-state index in [2.05, 4.69) is 5.32 Å². The normalized spacial score (nSPS) is 15.1. The molecular weight excluding hydrogens is 446 g/mol. The van der Waals surface area contributed by atoms with Gasteiger partial charge in [0.05, 0.1) is 23.0 Å². The molecule has 1 aliphatic rings. The maximum Gasteiger partial charge on any atom is 0.338 e. The predicted octanol–water partition coefficient (Wildman–Crippen LogP) is 2.61. The van der Waals surface area contributed by atoms with Crippen molar-refractivity contribution in [2.75, 3.05) is 30.0 Å². The molecular formula is C23H23N3O8. The second kappa shape index (κ2) is 10.6. The van der Waals surface area contributed by atoms with Crippen LogP contribution < -0.4 is 10.2 Å². The number of aryl methyl sites for hydroxylation is 1. The van der Waals surface area contributed by atoms with Crippen molar-refractivity contribution < 1.29 is 33.6 Å². The Balaban J connectivity index is 1.53. The third-order valence-corrected chi connectivity index (χ3v) is 5.18. The lowest BCUT2D eigenvalue weighted by molar-refractivity contribution is -0.385. The number of nitrogens with zero attached hydrogens (tertiary/aromatic N) is 2. The minimum Gasteiger partial charge on any atom is -0.462 e. The van der Waals surface area contributed by atoms with Crippen LogP contribution in [0.2, 0.25) is 0 Å². The number of nitro groups is 1. The first-order valence-corrected chi connectivity index (χ1v) is 10.5. The topological polar surface area (TPSA) is 145 Å². The SMILES string of the molecule is CCOC(=O)c1ccc(N2C[C@H](C(=O)OCC(=O)Nc3ccc(C)c([N+](=O)[O-])c3)CC2=O)cc1. The zero-order valence-corrected chi connectivity index (χ0v) is 18.6. The Morgan fingerprint density at radius 3 is 2.50 bits per heavy atom. The van der Waals surface area contributed by atoms with E-state index in [0.717, 1.165) is 0 Å². The third kappa shape index (κ3) is 5.74. The summed E-state index contributed by atoms with van der Waals surface area (Å²) in [4.78, 5) is 60.5. The van der Waals surface area contributed by atoms with Crippen molar-refractivity contribution >= 4 is 40.8 Å². The lowest BCUT2D eigenvalue weighted by Crippen LogP contribution is -2.28. The number of carbonyl (C=O) groups excluding carboxylic acids is 4. The number of rotatable bonds is 8. The summed E-state index contributed by atoms with van der Waals surface area (Å²) >= 11 is 0. The molecule has 1 N–H and O–H groups in total. The van der Waals surface area contributed by atoms with Gasteiger partial charge in [0.15, 0.2) is 6.61 Å². The van der Waals surface area contributed by atoms with Crippen molar-refractivity contribution in [2.45, 2.75) is 20.3 Å². The highest BCUT2D eigenvalue weighted by Gasteiger charge is 2.36. The molecule has 1 heterocycles. The van der Waals surface area contributed by atoms with Gasteiger partial charge in [-0.05, 0) is 44.2 Å². The quantitative estimate of drug-likeness (QED) is 0.353. The van der Waals surface area contributed by atoms with Gasteiger partial charge in [0.2, 0.25) is 5.91 Å². The first kappa shape index (κ1) is 24.4. The summed E-state index contributed by atoms with van der Waals surface area (Å²) < 4.78 is 9.97. The second-order valence-corrected chi connectivity index (χ2v) is 7.59. The molecule has 1 aliphatic heterocycles. The van der Waals surface area contributed by atoms with E-state index < -0.39 is 35.3 Å². The fraction of sp³-hybridized carbons (Fsp3) is 0.304. The van der Waals surface area contributed by atoms with Crippen molar-refractivity contribution in [1.29, 1.82) is 0 Å². The van der Waals surface area contributed by atoms with E-state index in [9.17, 15) is 29.3 Å². The van der Waals surface area contributed by atoms with E-state index in [0.29, 0.717) is 16.8 Å². The van der Waals surface area contributed by atoms with Gasteiger partial charge in [-0.25, -0.2) is 4.79 Å². The van der Waals surface area contributed by atoms with E-state index in [1.807, 2.05) is 0 Å². The van der Waals surface area contributed by atoms with E-state index in [1.54, 1.807) is 26.0 Å². The predicted molar refractivity (Wildman–Crippen MR) is 120 cm³/mol. The summed E-state index contributed by atoms with van der Waals surface area (Å²) in [5.74, 6) is -2.89.